The van der Waals surface area contributed by atoms with Gasteiger partial charge in [0.05, 0.1) is 12.6 Å². The lowest BCUT2D eigenvalue weighted by atomic mass is 10.2. The summed E-state index contributed by atoms with van der Waals surface area (Å²) in [4.78, 5) is 26.7. The van der Waals surface area contributed by atoms with E-state index in [9.17, 15) is 9.59 Å². The molecule has 0 fully saturated rings. The van der Waals surface area contributed by atoms with Crippen molar-refractivity contribution in [1.82, 2.24) is 9.47 Å². The first-order valence-corrected chi connectivity index (χ1v) is 7.92. The normalized spacial score (nSPS) is 16.8. The minimum Gasteiger partial charge on any atom is -0.491 e. The third kappa shape index (κ3) is 2.99. The number of nitrogens with zero attached hydrogens (tertiary/aromatic N) is 2. The third-order valence-electron chi connectivity index (χ3n) is 4.29. The van der Waals surface area contributed by atoms with Crippen LogP contribution in [0.15, 0.2) is 41.3 Å². The lowest BCUT2D eigenvalue weighted by molar-refractivity contribution is 0.168. The van der Waals surface area contributed by atoms with Crippen LogP contribution in [0.1, 0.15) is 18.1 Å². The number of anilines is 1. The van der Waals surface area contributed by atoms with Gasteiger partial charge in [-0.05, 0) is 31.5 Å². The van der Waals surface area contributed by atoms with Crippen LogP contribution in [0.25, 0.3) is 0 Å². The second-order valence-electron chi connectivity index (χ2n) is 6.12. The van der Waals surface area contributed by atoms with Gasteiger partial charge in [0, 0.05) is 18.8 Å². The molecule has 0 bridgehead atoms. The van der Waals surface area contributed by atoms with Crippen LogP contribution in [-0.4, -0.2) is 28.1 Å². The summed E-state index contributed by atoms with van der Waals surface area (Å²) in [6, 6.07) is 9.09. The summed E-state index contributed by atoms with van der Waals surface area (Å²) in [6.07, 6.45) is 1.69. The van der Waals surface area contributed by atoms with Gasteiger partial charge in [-0.1, -0.05) is 18.2 Å². The predicted molar refractivity (Wildman–Crippen MR) is 92.4 cm³/mol. The first kappa shape index (κ1) is 16.1. The van der Waals surface area contributed by atoms with Crippen LogP contribution in [0.5, 0.6) is 5.75 Å². The molecule has 1 aromatic carbocycles. The fraction of sp³-hybridized carbons (Fsp3) is 0.333. The number of carbonyl (C=O) groups is 1. The van der Waals surface area contributed by atoms with Gasteiger partial charge in [0.25, 0.3) is 5.56 Å². The van der Waals surface area contributed by atoms with Crippen LogP contribution < -0.4 is 15.6 Å². The molecular formula is C18H21N3O3. The molecule has 1 aliphatic rings. The van der Waals surface area contributed by atoms with Crippen molar-refractivity contribution >= 4 is 11.7 Å². The van der Waals surface area contributed by atoms with E-state index in [0.717, 1.165) is 16.9 Å². The highest BCUT2D eigenvalue weighted by Crippen LogP contribution is 2.25. The van der Waals surface area contributed by atoms with E-state index in [4.69, 9.17) is 4.74 Å². The molecule has 3 rings (SSSR count). The number of hydrogen-bond acceptors (Lipinski definition) is 3. The number of nitrogens with one attached hydrogen (secondary N) is 1. The molecule has 1 aromatic heterocycles. The van der Waals surface area contributed by atoms with E-state index in [1.807, 2.05) is 31.2 Å². The Morgan fingerprint density at radius 1 is 1.29 bits per heavy atom. The summed E-state index contributed by atoms with van der Waals surface area (Å²) in [5.74, 6) is 0.798. The van der Waals surface area contributed by atoms with Crippen molar-refractivity contribution in [2.24, 2.45) is 7.05 Å². The summed E-state index contributed by atoms with van der Waals surface area (Å²) >= 11 is 0. The smallest absolute Gasteiger partial charge is 0.322 e. The highest BCUT2D eigenvalue weighted by Gasteiger charge is 2.26. The van der Waals surface area contributed by atoms with Gasteiger partial charge in [-0.3, -0.25) is 4.79 Å². The molecule has 0 aliphatic carbocycles. The number of aromatic nitrogens is 1. The Morgan fingerprint density at radius 3 is 2.83 bits per heavy atom. The van der Waals surface area contributed by atoms with Crippen molar-refractivity contribution in [2.75, 3.05) is 11.9 Å². The highest BCUT2D eigenvalue weighted by molar-refractivity contribution is 5.90. The Bertz CT molecular complexity index is 828. The van der Waals surface area contributed by atoms with Gasteiger partial charge in [-0.25, -0.2) is 4.79 Å². The molecule has 6 nitrogen and oxygen atoms in total. The van der Waals surface area contributed by atoms with Crippen molar-refractivity contribution in [3.63, 3.8) is 0 Å². The molecule has 0 spiro atoms. The number of benzene rings is 1. The van der Waals surface area contributed by atoms with Crippen LogP contribution >= 0.6 is 0 Å². The van der Waals surface area contributed by atoms with Crippen LogP contribution in [-0.2, 0) is 13.6 Å². The molecule has 0 saturated heterocycles. The number of aryl methyl sites for hydroxylation is 2. The zero-order valence-corrected chi connectivity index (χ0v) is 14.1. The highest BCUT2D eigenvalue weighted by atomic mass is 16.5. The number of fused-ring (bicyclic) bond motifs is 1. The van der Waals surface area contributed by atoms with Crippen LogP contribution in [0.3, 0.4) is 0 Å². The minimum absolute atomic E-state index is 0.106. The van der Waals surface area contributed by atoms with Gasteiger partial charge in [-0.15, -0.1) is 0 Å². The van der Waals surface area contributed by atoms with E-state index in [0.29, 0.717) is 18.8 Å². The molecule has 1 aliphatic heterocycles. The van der Waals surface area contributed by atoms with Gasteiger partial charge in [0.15, 0.2) is 0 Å². The minimum atomic E-state index is -0.297. The van der Waals surface area contributed by atoms with E-state index >= 15 is 0 Å². The third-order valence-corrected chi connectivity index (χ3v) is 4.29. The van der Waals surface area contributed by atoms with Gasteiger partial charge in [-0.2, -0.15) is 0 Å². The maximum atomic E-state index is 12.8. The maximum Gasteiger partial charge on any atom is 0.322 e. The van der Waals surface area contributed by atoms with E-state index < -0.39 is 0 Å². The summed E-state index contributed by atoms with van der Waals surface area (Å²) in [7, 11) is 1.66. The number of pyridine rings is 1. The summed E-state index contributed by atoms with van der Waals surface area (Å²) < 4.78 is 7.22. The van der Waals surface area contributed by atoms with E-state index in [-0.39, 0.29) is 17.6 Å². The largest absolute Gasteiger partial charge is 0.491 e. The number of hydrogen-bond donors (Lipinski definition) is 1. The van der Waals surface area contributed by atoms with E-state index in [2.05, 4.69) is 5.32 Å². The molecule has 1 N–H and O–H groups in total. The molecule has 24 heavy (non-hydrogen) atoms. The molecule has 6 heteroatoms. The Labute approximate surface area is 140 Å². The lowest BCUT2D eigenvalue weighted by Gasteiger charge is -2.26. The topological polar surface area (TPSA) is 63.6 Å². The van der Waals surface area contributed by atoms with Crippen molar-refractivity contribution in [3.05, 3.63) is 58.0 Å². The van der Waals surface area contributed by atoms with Crippen LogP contribution in [0, 0.1) is 6.92 Å². The zero-order chi connectivity index (χ0) is 17.3. The molecule has 2 amide bonds. The fourth-order valence-electron chi connectivity index (χ4n) is 2.74. The Kier molecular flexibility index (Phi) is 4.29. The van der Waals surface area contributed by atoms with Crippen LogP contribution in [0.2, 0.25) is 0 Å². The standard InChI is InChI=1S/C18H21N3O3/c1-12-8-9-20(3)17(22)16(12)19-18(23)21-10-14-6-4-5-7-15(14)24-11-13(21)2/h4-9,13H,10-11H2,1-3H3,(H,19,23)/t13-/m1/s1. The van der Waals surface area contributed by atoms with E-state index in [1.165, 1.54) is 4.57 Å². The second-order valence-corrected chi connectivity index (χ2v) is 6.12. The fourth-order valence-corrected chi connectivity index (χ4v) is 2.74. The Balaban J connectivity index is 1.87. The maximum absolute atomic E-state index is 12.8. The molecule has 126 valence electrons. The lowest BCUT2D eigenvalue weighted by Crippen LogP contribution is -2.43. The Hall–Kier alpha value is -2.76. The zero-order valence-electron chi connectivity index (χ0n) is 14.1. The number of amides is 2. The predicted octanol–water partition coefficient (Wildman–Crippen LogP) is 2.51. The Morgan fingerprint density at radius 2 is 2.04 bits per heavy atom. The number of ether oxygens (including phenoxy) is 1. The average molecular weight is 327 g/mol. The van der Waals surface area contributed by atoms with Gasteiger partial charge < -0.3 is 19.5 Å². The molecular weight excluding hydrogens is 306 g/mol. The second kappa shape index (κ2) is 6.39. The van der Waals surface area contributed by atoms with Gasteiger partial charge >= 0.3 is 6.03 Å². The monoisotopic (exact) mass is 327 g/mol. The number of rotatable bonds is 1. The first-order valence-electron chi connectivity index (χ1n) is 7.92. The quantitative estimate of drug-likeness (QED) is 0.875. The van der Waals surface area contributed by atoms with Crippen molar-refractivity contribution in [1.29, 1.82) is 0 Å². The molecule has 0 saturated carbocycles. The first-order chi connectivity index (χ1) is 11.5. The number of urea groups is 1. The molecule has 2 aromatic rings. The molecule has 0 radical (unpaired) electrons. The molecule has 2 heterocycles. The summed E-state index contributed by atoms with van der Waals surface area (Å²) in [6.45, 7) is 4.59. The molecule has 0 unspecified atom stereocenters. The number of carbonyl (C=O) groups excluding carboxylic acids is 1. The van der Waals surface area contributed by atoms with Crippen molar-refractivity contribution in [2.45, 2.75) is 26.4 Å². The number of para-hydroxylation sites is 1. The summed E-state index contributed by atoms with van der Waals surface area (Å²) in [5, 5.41) is 2.78. The van der Waals surface area contributed by atoms with Crippen molar-refractivity contribution < 1.29 is 9.53 Å². The van der Waals surface area contributed by atoms with E-state index in [1.54, 1.807) is 31.1 Å². The van der Waals surface area contributed by atoms with Crippen LogP contribution in [0.4, 0.5) is 10.5 Å². The summed E-state index contributed by atoms with van der Waals surface area (Å²) in [5.41, 5.74) is 1.79. The average Bonchev–Trinajstić information content (AvgIpc) is 2.74. The SMILES string of the molecule is Cc1ccn(C)c(=O)c1NC(=O)N1Cc2ccccc2OC[C@H]1C. The van der Waals surface area contributed by atoms with Gasteiger partial charge in [0.2, 0.25) is 0 Å². The van der Waals surface area contributed by atoms with Crippen molar-refractivity contribution in [3.8, 4) is 5.75 Å². The van der Waals surface area contributed by atoms with Gasteiger partial charge in [0.1, 0.15) is 18.0 Å². The molecule has 1 atom stereocenters.